The molecular weight excluding hydrogens is 258 g/mol. The van der Waals surface area contributed by atoms with Crippen molar-refractivity contribution in [1.82, 2.24) is 9.97 Å². The highest BCUT2D eigenvalue weighted by Gasteiger charge is 2.10. The van der Waals surface area contributed by atoms with Gasteiger partial charge in [-0.3, -0.25) is 0 Å². The van der Waals surface area contributed by atoms with Crippen LogP contribution >= 0.6 is 22.9 Å². The summed E-state index contributed by atoms with van der Waals surface area (Å²) in [5.74, 6) is 0.770. The lowest BCUT2D eigenvalue weighted by atomic mass is 10.2. The molecule has 1 atom stereocenters. The van der Waals surface area contributed by atoms with Gasteiger partial charge in [0, 0.05) is 12.6 Å². The van der Waals surface area contributed by atoms with E-state index in [4.69, 9.17) is 16.7 Å². The molecule has 0 saturated carbocycles. The lowest BCUT2D eigenvalue weighted by Gasteiger charge is -2.14. The van der Waals surface area contributed by atoms with E-state index in [2.05, 4.69) is 22.2 Å². The predicted octanol–water partition coefficient (Wildman–Crippen LogP) is 2.92. The van der Waals surface area contributed by atoms with Gasteiger partial charge in [-0.1, -0.05) is 0 Å². The van der Waals surface area contributed by atoms with E-state index in [0.29, 0.717) is 0 Å². The maximum atomic E-state index is 8.79. The van der Waals surface area contributed by atoms with Gasteiger partial charge >= 0.3 is 0 Å². The van der Waals surface area contributed by atoms with Gasteiger partial charge in [0.25, 0.3) is 0 Å². The van der Waals surface area contributed by atoms with Crippen LogP contribution in [0.3, 0.4) is 0 Å². The quantitative estimate of drug-likeness (QED) is 0.821. The van der Waals surface area contributed by atoms with Gasteiger partial charge < -0.3 is 10.4 Å². The summed E-state index contributed by atoms with van der Waals surface area (Å²) in [6, 6.07) is 2.23. The van der Waals surface area contributed by atoms with Crippen LogP contribution in [0.1, 0.15) is 19.8 Å². The van der Waals surface area contributed by atoms with Gasteiger partial charge in [-0.2, -0.15) is 0 Å². The van der Waals surface area contributed by atoms with E-state index in [1.807, 2.05) is 11.4 Å². The van der Waals surface area contributed by atoms with Crippen molar-refractivity contribution in [3.63, 3.8) is 0 Å². The Morgan fingerprint density at radius 1 is 1.53 bits per heavy atom. The van der Waals surface area contributed by atoms with Gasteiger partial charge in [-0.15, -0.1) is 11.3 Å². The lowest BCUT2D eigenvalue weighted by Crippen LogP contribution is -2.16. The number of hydrogen-bond donors (Lipinski definition) is 2. The third-order valence-corrected chi connectivity index (χ3v) is 3.45. The Hall–Kier alpha value is -0.910. The molecule has 4 nitrogen and oxygen atoms in total. The van der Waals surface area contributed by atoms with Crippen molar-refractivity contribution in [3.05, 3.63) is 16.7 Å². The van der Waals surface area contributed by atoms with E-state index in [1.165, 1.54) is 0 Å². The zero-order valence-electron chi connectivity index (χ0n) is 9.48. The van der Waals surface area contributed by atoms with Gasteiger partial charge in [0.2, 0.25) is 5.28 Å². The van der Waals surface area contributed by atoms with Gasteiger partial charge in [0.1, 0.15) is 10.6 Å². The summed E-state index contributed by atoms with van der Waals surface area (Å²) in [7, 11) is 0. The number of rotatable bonds is 5. The van der Waals surface area contributed by atoms with Crippen LogP contribution < -0.4 is 5.32 Å². The van der Waals surface area contributed by atoms with E-state index in [-0.39, 0.29) is 17.9 Å². The fraction of sp³-hybridized carbons (Fsp3) is 0.455. The van der Waals surface area contributed by atoms with E-state index in [0.717, 1.165) is 28.9 Å². The zero-order valence-corrected chi connectivity index (χ0v) is 11.1. The fourth-order valence-electron chi connectivity index (χ4n) is 1.64. The number of aliphatic hydroxyl groups excluding tert-OH is 1. The number of aromatic nitrogens is 2. The number of aliphatic hydroxyl groups is 1. The van der Waals surface area contributed by atoms with E-state index in [9.17, 15) is 0 Å². The second-order valence-corrected chi connectivity index (χ2v) is 5.12. The number of hydrogen-bond acceptors (Lipinski definition) is 5. The minimum absolute atomic E-state index is 0.213. The highest BCUT2D eigenvalue weighted by Crippen LogP contribution is 2.27. The number of fused-ring (bicyclic) bond motifs is 1. The molecule has 17 heavy (non-hydrogen) atoms. The highest BCUT2D eigenvalue weighted by atomic mass is 35.5. The minimum atomic E-state index is 0.213. The minimum Gasteiger partial charge on any atom is -0.396 e. The Bertz CT molecular complexity index is 502. The molecule has 0 radical (unpaired) electrons. The summed E-state index contributed by atoms with van der Waals surface area (Å²) < 4.78 is 0. The van der Waals surface area contributed by atoms with Crippen molar-refractivity contribution in [3.8, 4) is 0 Å². The molecular formula is C11H14ClN3OS. The maximum absolute atomic E-state index is 8.79. The van der Waals surface area contributed by atoms with Crippen LogP contribution in [-0.2, 0) is 0 Å². The number of anilines is 1. The monoisotopic (exact) mass is 271 g/mol. The molecule has 0 aliphatic carbocycles. The normalized spacial score (nSPS) is 12.9. The van der Waals surface area contributed by atoms with E-state index >= 15 is 0 Å². The number of thiophene rings is 1. The Kier molecular flexibility index (Phi) is 4.15. The smallest absolute Gasteiger partial charge is 0.225 e. The van der Waals surface area contributed by atoms with Crippen LogP contribution in [0.25, 0.3) is 10.2 Å². The van der Waals surface area contributed by atoms with E-state index < -0.39 is 0 Å². The summed E-state index contributed by atoms with van der Waals surface area (Å²) in [5, 5.41) is 15.3. The topological polar surface area (TPSA) is 58.0 Å². The second kappa shape index (κ2) is 5.62. The zero-order chi connectivity index (χ0) is 12.3. The molecule has 2 aromatic heterocycles. The van der Waals surface area contributed by atoms with Gasteiger partial charge in [-0.25, -0.2) is 9.97 Å². The van der Waals surface area contributed by atoms with Crippen molar-refractivity contribution in [2.75, 3.05) is 11.9 Å². The fourth-order valence-corrected chi connectivity index (χ4v) is 2.63. The van der Waals surface area contributed by atoms with Crippen molar-refractivity contribution in [1.29, 1.82) is 0 Å². The summed E-state index contributed by atoms with van der Waals surface area (Å²) in [6.07, 6.45) is 1.67. The van der Waals surface area contributed by atoms with Gasteiger partial charge in [-0.05, 0) is 42.8 Å². The van der Waals surface area contributed by atoms with Crippen molar-refractivity contribution in [2.45, 2.75) is 25.8 Å². The summed E-state index contributed by atoms with van der Waals surface area (Å²) in [4.78, 5) is 9.26. The Morgan fingerprint density at radius 2 is 2.35 bits per heavy atom. The van der Waals surface area contributed by atoms with E-state index in [1.54, 1.807) is 11.3 Å². The first kappa shape index (κ1) is 12.5. The van der Waals surface area contributed by atoms with Crippen LogP contribution in [0.5, 0.6) is 0 Å². The van der Waals surface area contributed by atoms with Gasteiger partial charge in [0.15, 0.2) is 0 Å². The van der Waals surface area contributed by atoms with Crippen LogP contribution in [-0.4, -0.2) is 27.7 Å². The molecule has 2 heterocycles. The standard InChI is InChI=1S/C11H14ClN3OS/c1-7(3-2-5-16)13-9-8-4-6-17-10(8)15-11(12)14-9/h4,6-7,16H,2-3,5H2,1H3,(H,13,14,15). The van der Waals surface area contributed by atoms with Crippen LogP contribution in [0, 0.1) is 0 Å². The van der Waals surface area contributed by atoms with Crippen molar-refractivity contribution >= 4 is 39.0 Å². The second-order valence-electron chi connectivity index (χ2n) is 3.89. The third kappa shape index (κ3) is 3.06. The molecule has 2 aromatic rings. The predicted molar refractivity (Wildman–Crippen MR) is 71.8 cm³/mol. The Balaban J connectivity index is 2.19. The van der Waals surface area contributed by atoms with Crippen LogP contribution in [0.4, 0.5) is 5.82 Å². The molecule has 92 valence electrons. The van der Waals surface area contributed by atoms with Crippen molar-refractivity contribution < 1.29 is 5.11 Å². The lowest BCUT2D eigenvalue weighted by molar-refractivity contribution is 0.282. The molecule has 0 aromatic carbocycles. The molecule has 0 fully saturated rings. The largest absolute Gasteiger partial charge is 0.396 e. The third-order valence-electron chi connectivity index (χ3n) is 2.48. The molecule has 0 aliphatic rings. The van der Waals surface area contributed by atoms with Crippen molar-refractivity contribution in [2.24, 2.45) is 0 Å². The molecule has 1 unspecified atom stereocenters. The first-order valence-electron chi connectivity index (χ1n) is 5.49. The molecule has 0 bridgehead atoms. The van der Waals surface area contributed by atoms with Crippen LogP contribution in [0.15, 0.2) is 11.4 Å². The molecule has 0 aliphatic heterocycles. The number of nitrogens with one attached hydrogen (secondary N) is 1. The van der Waals surface area contributed by atoms with Gasteiger partial charge in [0.05, 0.1) is 5.39 Å². The summed E-state index contributed by atoms with van der Waals surface area (Å²) in [6.45, 7) is 2.27. The average Bonchev–Trinajstić information content (AvgIpc) is 2.74. The molecule has 0 saturated heterocycles. The van der Waals surface area contributed by atoms with Crippen LogP contribution in [0.2, 0.25) is 5.28 Å². The Morgan fingerprint density at radius 3 is 3.12 bits per heavy atom. The summed E-state index contributed by atoms with van der Waals surface area (Å²) in [5.41, 5.74) is 0. The molecule has 0 spiro atoms. The highest BCUT2D eigenvalue weighted by molar-refractivity contribution is 7.16. The molecule has 0 amide bonds. The molecule has 2 rings (SSSR count). The number of halogens is 1. The Labute approximate surface area is 109 Å². The average molecular weight is 272 g/mol. The molecule has 6 heteroatoms. The maximum Gasteiger partial charge on any atom is 0.225 e. The number of nitrogens with zero attached hydrogens (tertiary/aromatic N) is 2. The molecule has 2 N–H and O–H groups in total. The SMILES string of the molecule is CC(CCCO)Nc1nc(Cl)nc2sccc12. The summed E-state index contributed by atoms with van der Waals surface area (Å²) >= 11 is 7.42. The first-order valence-corrected chi connectivity index (χ1v) is 6.74. The first-order chi connectivity index (χ1) is 8.20.